The van der Waals surface area contributed by atoms with Crippen LogP contribution >= 0.6 is 11.8 Å². The SMILES string of the molecule is Cn1nccc1C(O)C1CCOC2(CCSC2)C1. The number of thioether (sulfide) groups is 1. The molecule has 0 radical (unpaired) electrons. The second-order valence-electron chi connectivity index (χ2n) is 5.41. The van der Waals surface area contributed by atoms with Gasteiger partial charge in [0.05, 0.1) is 17.4 Å². The van der Waals surface area contributed by atoms with Crippen LogP contribution in [0.5, 0.6) is 0 Å². The minimum Gasteiger partial charge on any atom is -0.387 e. The van der Waals surface area contributed by atoms with E-state index in [2.05, 4.69) is 5.10 Å². The minimum absolute atomic E-state index is 0.0349. The quantitative estimate of drug-likeness (QED) is 0.888. The highest BCUT2D eigenvalue weighted by Crippen LogP contribution is 2.43. The van der Waals surface area contributed by atoms with Crippen molar-refractivity contribution in [3.63, 3.8) is 0 Å². The summed E-state index contributed by atoms with van der Waals surface area (Å²) in [4.78, 5) is 0. The number of rotatable bonds is 2. The Morgan fingerprint density at radius 3 is 3.22 bits per heavy atom. The van der Waals surface area contributed by atoms with Crippen LogP contribution in [0, 0.1) is 5.92 Å². The fraction of sp³-hybridized carbons (Fsp3) is 0.769. The van der Waals surface area contributed by atoms with Gasteiger partial charge in [-0.15, -0.1) is 0 Å². The predicted octanol–water partition coefficient (Wildman–Crippen LogP) is 1.76. The number of aryl methyl sites for hydroxylation is 1. The first kappa shape index (κ1) is 12.5. The smallest absolute Gasteiger partial charge is 0.0986 e. The number of hydrogen-bond donors (Lipinski definition) is 1. The van der Waals surface area contributed by atoms with Crippen LogP contribution < -0.4 is 0 Å². The molecule has 3 atom stereocenters. The zero-order valence-electron chi connectivity index (χ0n) is 10.7. The molecule has 1 aromatic heterocycles. The van der Waals surface area contributed by atoms with Crippen molar-refractivity contribution in [1.82, 2.24) is 9.78 Å². The molecule has 100 valence electrons. The summed E-state index contributed by atoms with van der Waals surface area (Å²) in [6.07, 6.45) is 4.39. The molecule has 3 rings (SSSR count). The molecule has 3 heterocycles. The van der Waals surface area contributed by atoms with Gasteiger partial charge in [-0.25, -0.2) is 0 Å². The molecule has 4 nitrogen and oxygen atoms in total. The van der Waals surface area contributed by atoms with Gasteiger partial charge in [-0.3, -0.25) is 4.68 Å². The monoisotopic (exact) mass is 268 g/mol. The van der Waals surface area contributed by atoms with Crippen LogP contribution in [0.2, 0.25) is 0 Å². The lowest BCUT2D eigenvalue weighted by molar-refractivity contribution is -0.103. The van der Waals surface area contributed by atoms with E-state index in [9.17, 15) is 5.11 Å². The molecule has 0 amide bonds. The third-order valence-corrected chi connectivity index (χ3v) is 5.43. The Bertz CT molecular complexity index is 415. The van der Waals surface area contributed by atoms with Gasteiger partial charge in [-0.2, -0.15) is 16.9 Å². The molecule has 1 spiro atoms. The second kappa shape index (κ2) is 4.87. The summed E-state index contributed by atoms with van der Waals surface area (Å²) < 4.78 is 7.77. The van der Waals surface area contributed by atoms with E-state index in [0.29, 0.717) is 5.92 Å². The van der Waals surface area contributed by atoms with Gasteiger partial charge in [0.15, 0.2) is 0 Å². The lowest BCUT2D eigenvalue weighted by Crippen LogP contribution is -2.41. The Hall–Kier alpha value is -0.520. The van der Waals surface area contributed by atoms with Crippen molar-refractivity contribution < 1.29 is 9.84 Å². The van der Waals surface area contributed by atoms with Crippen LogP contribution in [0.25, 0.3) is 0 Å². The topological polar surface area (TPSA) is 47.3 Å². The number of nitrogens with zero attached hydrogens (tertiary/aromatic N) is 2. The van der Waals surface area contributed by atoms with Crippen LogP contribution in [0.4, 0.5) is 0 Å². The van der Waals surface area contributed by atoms with Crippen LogP contribution in [-0.2, 0) is 11.8 Å². The first-order valence-electron chi connectivity index (χ1n) is 6.58. The van der Waals surface area contributed by atoms with Crippen molar-refractivity contribution in [1.29, 1.82) is 0 Å². The summed E-state index contributed by atoms with van der Waals surface area (Å²) in [6, 6.07) is 1.91. The van der Waals surface area contributed by atoms with E-state index in [1.54, 1.807) is 10.9 Å². The van der Waals surface area contributed by atoms with Crippen LogP contribution in [-0.4, -0.2) is 38.6 Å². The van der Waals surface area contributed by atoms with Gasteiger partial charge in [0, 0.05) is 25.6 Å². The molecular weight excluding hydrogens is 248 g/mol. The average Bonchev–Trinajstić information content (AvgIpc) is 2.98. The molecule has 0 aromatic carbocycles. The molecule has 1 aromatic rings. The summed E-state index contributed by atoms with van der Waals surface area (Å²) in [5.74, 6) is 2.57. The van der Waals surface area contributed by atoms with E-state index >= 15 is 0 Å². The van der Waals surface area contributed by atoms with Crippen LogP contribution in [0.3, 0.4) is 0 Å². The Kier molecular flexibility index (Phi) is 3.38. The largest absolute Gasteiger partial charge is 0.387 e. The highest BCUT2D eigenvalue weighted by Gasteiger charge is 2.42. The molecule has 2 fully saturated rings. The fourth-order valence-electron chi connectivity index (χ4n) is 3.11. The Labute approximate surface area is 112 Å². The Balaban J connectivity index is 1.74. The zero-order valence-corrected chi connectivity index (χ0v) is 11.5. The number of ether oxygens (including phenoxy) is 1. The molecule has 3 unspecified atom stereocenters. The first-order chi connectivity index (χ1) is 8.70. The van der Waals surface area contributed by atoms with Crippen LogP contribution in [0.15, 0.2) is 12.3 Å². The Morgan fingerprint density at radius 2 is 2.56 bits per heavy atom. The van der Waals surface area contributed by atoms with Crippen molar-refractivity contribution in [3.8, 4) is 0 Å². The standard InChI is InChI=1S/C13H20N2O2S/c1-15-11(2-5-14-15)12(16)10-3-6-17-13(8-10)4-7-18-9-13/h2,5,10,12,16H,3-4,6-9H2,1H3. The van der Waals surface area contributed by atoms with E-state index in [-0.39, 0.29) is 5.60 Å². The maximum Gasteiger partial charge on any atom is 0.0986 e. The van der Waals surface area contributed by atoms with Crippen molar-refractivity contribution in [2.45, 2.75) is 31.0 Å². The summed E-state index contributed by atoms with van der Waals surface area (Å²) in [5.41, 5.74) is 0.954. The van der Waals surface area contributed by atoms with Crippen molar-refractivity contribution in [2.24, 2.45) is 13.0 Å². The first-order valence-corrected chi connectivity index (χ1v) is 7.73. The van der Waals surface area contributed by atoms with Crippen LogP contribution in [0.1, 0.15) is 31.1 Å². The van der Waals surface area contributed by atoms with Crippen molar-refractivity contribution in [2.75, 3.05) is 18.1 Å². The lowest BCUT2D eigenvalue weighted by atomic mass is 9.81. The maximum absolute atomic E-state index is 10.5. The molecular formula is C13H20N2O2S. The average molecular weight is 268 g/mol. The molecule has 2 aliphatic heterocycles. The second-order valence-corrected chi connectivity index (χ2v) is 6.52. The highest BCUT2D eigenvalue weighted by atomic mass is 32.2. The number of aliphatic hydroxyl groups excluding tert-OH is 1. The molecule has 0 saturated carbocycles. The Morgan fingerprint density at radius 1 is 1.67 bits per heavy atom. The number of aliphatic hydroxyl groups is 1. The molecule has 18 heavy (non-hydrogen) atoms. The van der Waals surface area contributed by atoms with Gasteiger partial charge >= 0.3 is 0 Å². The maximum atomic E-state index is 10.5. The van der Waals surface area contributed by atoms with E-state index in [0.717, 1.165) is 37.3 Å². The minimum atomic E-state index is -0.413. The van der Waals surface area contributed by atoms with E-state index < -0.39 is 6.10 Å². The molecule has 2 saturated heterocycles. The van der Waals surface area contributed by atoms with Gasteiger partial charge in [-0.1, -0.05) is 0 Å². The summed E-state index contributed by atoms with van der Waals surface area (Å²) >= 11 is 1.97. The third-order valence-electron chi connectivity index (χ3n) is 4.21. The summed E-state index contributed by atoms with van der Waals surface area (Å²) in [5, 5.41) is 14.7. The van der Waals surface area contributed by atoms with E-state index in [4.69, 9.17) is 4.74 Å². The molecule has 2 aliphatic rings. The zero-order chi connectivity index (χ0) is 12.6. The van der Waals surface area contributed by atoms with Crippen molar-refractivity contribution >= 4 is 11.8 Å². The van der Waals surface area contributed by atoms with Gasteiger partial charge in [-0.05, 0) is 37.0 Å². The number of hydrogen-bond acceptors (Lipinski definition) is 4. The highest BCUT2D eigenvalue weighted by molar-refractivity contribution is 7.99. The molecule has 5 heteroatoms. The van der Waals surface area contributed by atoms with Gasteiger partial charge in [0.1, 0.15) is 0 Å². The van der Waals surface area contributed by atoms with Gasteiger partial charge < -0.3 is 9.84 Å². The van der Waals surface area contributed by atoms with Gasteiger partial charge in [0.25, 0.3) is 0 Å². The van der Waals surface area contributed by atoms with E-state index in [1.165, 1.54) is 5.75 Å². The fourth-order valence-corrected chi connectivity index (χ4v) is 4.49. The summed E-state index contributed by atoms with van der Waals surface area (Å²) in [7, 11) is 1.89. The third kappa shape index (κ3) is 2.19. The predicted molar refractivity (Wildman–Crippen MR) is 71.5 cm³/mol. The van der Waals surface area contributed by atoms with Gasteiger partial charge in [0.2, 0.25) is 0 Å². The number of aromatic nitrogens is 2. The molecule has 1 N–H and O–H groups in total. The lowest BCUT2D eigenvalue weighted by Gasteiger charge is -2.39. The summed E-state index contributed by atoms with van der Waals surface area (Å²) in [6.45, 7) is 0.778. The van der Waals surface area contributed by atoms with E-state index in [1.807, 2.05) is 24.9 Å². The normalized spacial score (nSPS) is 34.0. The molecule has 0 aliphatic carbocycles. The van der Waals surface area contributed by atoms with Crippen molar-refractivity contribution in [3.05, 3.63) is 18.0 Å². The molecule has 0 bridgehead atoms.